The second kappa shape index (κ2) is 39.9. The average molecular weight is 953 g/mol. The summed E-state index contributed by atoms with van der Waals surface area (Å²) in [5, 5.41) is 60.0. The molecule has 14 nitrogen and oxygen atoms in total. The summed E-state index contributed by atoms with van der Waals surface area (Å²) in [7, 11) is -5.15. The molecule has 0 aromatic heterocycles. The minimum Gasteiger partial charge on any atom is -0.462 e. The Hall–Kier alpha value is -3.01. The number of hydrogen-bond acceptors (Lipinski definition) is 13. The molecule has 1 rings (SSSR count). The van der Waals surface area contributed by atoms with Crippen molar-refractivity contribution in [1.29, 1.82) is 0 Å². The van der Waals surface area contributed by atoms with E-state index in [0.29, 0.717) is 25.7 Å². The molecule has 0 radical (unpaired) electrons. The van der Waals surface area contributed by atoms with Gasteiger partial charge in [0.15, 0.2) is 6.10 Å². The summed E-state index contributed by atoms with van der Waals surface area (Å²) in [6, 6.07) is 0. The van der Waals surface area contributed by atoms with Gasteiger partial charge in [0, 0.05) is 12.8 Å². The number of allylic oxidation sites excluding steroid dienone is 12. The molecule has 66 heavy (non-hydrogen) atoms. The van der Waals surface area contributed by atoms with Gasteiger partial charge in [0.1, 0.15) is 43.2 Å². The molecule has 0 aromatic rings. The minimum atomic E-state index is -5.15. The number of aliphatic hydroxyl groups is 6. The predicted octanol–water partition coefficient (Wildman–Crippen LogP) is 9.03. The summed E-state index contributed by atoms with van der Waals surface area (Å²) in [4.78, 5) is 35.8. The molecule has 15 heteroatoms. The van der Waals surface area contributed by atoms with Gasteiger partial charge < -0.3 is 45.0 Å². The fourth-order valence-corrected chi connectivity index (χ4v) is 7.82. The van der Waals surface area contributed by atoms with Crippen molar-refractivity contribution in [3.05, 3.63) is 85.1 Å². The van der Waals surface area contributed by atoms with Gasteiger partial charge in [0.05, 0.1) is 12.7 Å². The van der Waals surface area contributed by atoms with Crippen molar-refractivity contribution in [1.82, 2.24) is 0 Å². The van der Waals surface area contributed by atoms with E-state index in [4.69, 9.17) is 18.5 Å². The third-order valence-corrected chi connectivity index (χ3v) is 11.8. The Bertz CT molecular complexity index is 1490. The zero-order valence-corrected chi connectivity index (χ0v) is 40.7. The van der Waals surface area contributed by atoms with Gasteiger partial charge in [-0.2, -0.15) is 0 Å². The smallest absolute Gasteiger partial charge is 0.462 e. The van der Waals surface area contributed by atoms with E-state index >= 15 is 0 Å². The number of unbranched alkanes of at least 4 members (excludes halogenated alkanes) is 13. The highest BCUT2D eigenvalue weighted by Gasteiger charge is 2.51. The molecule has 9 atom stereocenters. The molecule has 378 valence electrons. The number of carbonyl (C=O) groups excluding carboxylic acids is 2. The number of rotatable bonds is 39. The van der Waals surface area contributed by atoms with Crippen LogP contribution in [0.25, 0.3) is 0 Å². The van der Waals surface area contributed by atoms with Crippen molar-refractivity contribution in [2.24, 2.45) is 0 Å². The van der Waals surface area contributed by atoms with Crippen molar-refractivity contribution in [2.45, 2.75) is 210 Å². The molecule has 0 saturated heterocycles. The Labute approximate surface area is 395 Å². The Morgan fingerprint density at radius 1 is 0.561 bits per heavy atom. The summed E-state index contributed by atoms with van der Waals surface area (Å²) in [5.41, 5.74) is 0. The minimum absolute atomic E-state index is 0.0657. The average Bonchev–Trinajstić information content (AvgIpc) is 3.30. The van der Waals surface area contributed by atoms with Crippen LogP contribution in [0.3, 0.4) is 0 Å². The van der Waals surface area contributed by atoms with Crippen molar-refractivity contribution >= 4 is 19.8 Å². The van der Waals surface area contributed by atoms with E-state index in [1.165, 1.54) is 51.4 Å². The fourth-order valence-electron chi connectivity index (χ4n) is 6.84. The quantitative estimate of drug-likeness (QED) is 0.0100. The first-order chi connectivity index (χ1) is 31.8. The first kappa shape index (κ1) is 61.0. The van der Waals surface area contributed by atoms with Gasteiger partial charge in [-0.15, -0.1) is 0 Å². The normalized spacial score (nSPS) is 22.5. The van der Waals surface area contributed by atoms with Crippen LogP contribution < -0.4 is 0 Å². The van der Waals surface area contributed by atoms with Gasteiger partial charge in [-0.1, -0.05) is 157 Å². The first-order valence-corrected chi connectivity index (χ1v) is 26.0. The number of aliphatic hydroxyl groups excluding tert-OH is 6. The van der Waals surface area contributed by atoms with Gasteiger partial charge >= 0.3 is 19.8 Å². The van der Waals surface area contributed by atoms with Gasteiger partial charge in [-0.25, -0.2) is 4.57 Å². The molecule has 0 aliphatic heterocycles. The molecular weight excluding hydrogens is 868 g/mol. The maximum atomic E-state index is 12.8. The number of phosphoric acid groups is 1. The zero-order chi connectivity index (χ0) is 48.7. The van der Waals surface area contributed by atoms with Crippen LogP contribution >= 0.6 is 7.82 Å². The summed E-state index contributed by atoms with van der Waals surface area (Å²) in [5.74, 6) is -1.20. The third kappa shape index (κ3) is 31.9. The van der Waals surface area contributed by atoms with Crippen LogP contribution in [0.15, 0.2) is 85.1 Å². The van der Waals surface area contributed by atoms with E-state index in [9.17, 15) is 49.7 Å². The number of ether oxygens (including phenoxy) is 2. The van der Waals surface area contributed by atoms with E-state index in [-0.39, 0.29) is 12.8 Å². The third-order valence-electron chi connectivity index (χ3n) is 10.8. The highest BCUT2D eigenvalue weighted by molar-refractivity contribution is 7.47. The number of phosphoric ester groups is 1. The van der Waals surface area contributed by atoms with Crippen LogP contribution in [0.1, 0.15) is 162 Å². The molecular formula is C51H85O14P. The summed E-state index contributed by atoms with van der Waals surface area (Å²) in [6.07, 6.45) is 35.4. The molecule has 1 aliphatic carbocycles. The summed E-state index contributed by atoms with van der Waals surface area (Å²) >= 11 is 0. The van der Waals surface area contributed by atoms with Crippen molar-refractivity contribution in [3.63, 3.8) is 0 Å². The second-order valence-corrected chi connectivity index (χ2v) is 18.2. The van der Waals surface area contributed by atoms with E-state index < -0.39 is 81.8 Å². The van der Waals surface area contributed by atoms with E-state index in [1.54, 1.807) is 6.08 Å². The van der Waals surface area contributed by atoms with Crippen molar-refractivity contribution in [3.8, 4) is 0 Å². The molecule has 0 heterocycles. The lowest BCUT2D eigenvalue weighted by atomic mass is 9.85. The highest BCUT2D eigenvalue weighted by atomic mass is 31.2. The fraction of sp³-hybridized carbons (Fsp3) is 0.686. The molecule has 1 saturated carbocycles. The molecule has 0 amide bonds. The van der Waals surface area contributed by atoms with Crippen molar-refractivity contribution < 1.29 is 68.2 Å². The molecule has 0 bridgehead atoms. The SMILES string of the molecule is CC/C=C\C(O)C/C=C/C=C\C/C=C\C/C=C\CCCC(=O)OC[C@H](COP(=O)(O)OC1[C@H](O)[C@H](O)C(O)[C@H](O)[C@H]1O)OC(=O)CCCCCCCCCCC/C=C\C/C=C\CCCCC. The standard InChI is InChI=1S/C51H85O14P/c1-3-5-7-8-9-10-11-12-13-14-15-16-17-18-23-26-29-32-35-39-45(54)64-43(41-63-66(60,61)65-51-49(58)47(56)46(55)48(57)50(51)59)40-62-44(53)38-34-31-28-25-22-20-19-21-24-27-30-33-37-42(52)36-6-4-2/h6,9-10,12-13,19-20,24-25,27-28,30,33,36,42-43,46-52,55-59H,3-5,7-8,11,14-18,21-23,26,29,31-32,34-35,37-41H2,1-2H3,(H,60,61)/b10-9-,13-12-,20-19-,27-24-,28-25-,33-30+,36-6-/t42?,43-,46?,47-,48+,49-,50-,51?/m1/s1. The van der Waals surface area contributed by atoms with Gasteiger partial charge in [0.25, 0.3) is 0 Å². The van der Waals surface area contributed by atoms with Gasteiger partial charge in [0.2, 0.25) is 0 Å². The van der Waals surface area contributed by atoms with Crippen LogP contribution in [-0.4, -0.2) is 110 Å². The number of hydrogen-bond donors (Lipinski definition) is 7. The zero-order valence-electron chi connectivity index (χ0n) is 39.8. The summed E-state index contributed by atoms with van der Waals surface area (Å²) in [6.45, 7) is 2.99. The van der Waals surface area contributed by atoms with Gasteiger partial charge in [-0.3, -0.25) is 18.6 Å². The Balaban J connectivity index is 2.49. The van der Waals surface area contributed by atoms with Gasteiger partial charge in [-0.05, 0) is 77.0 Å². The first-order valence-electron chi connectivity index (χ1n) is 24.5. The maximum absolute atomic E-state index is 12.8. The lowest BCUT2D eigenvalue weighted by Crippen LogP contribution is -2.64. The molecule has 7 N–H and O–H groups in total. The van der Waals surface area contributed by atoms with E-state index in [0.717, 1.165) is 57.8 Å². The number of esters is 2. The topological polar surface area (TPSA) is 230 Å². The van der Waals surface area contributed by atoms with Crippen LogP contribution in [0.2, 0.25) is 0 Å². The molecule has 0 aromatic carbocycles. The Morgan fingerprint density at radius 3 is 1.64 bits per heavy atom. The van der Waals surface area contributed by atoms with E-state index in [2.05, 4.69) is 31.2 Å². The predicted molar refractivity (Wildman–Crippen MR) is 259 cm³/mol. The Morgan fingerprint density at radius 2 is 1.05 bits per heavy atom. The van der Waals surface area contributed by atoms with Crippen LogP contribution in [-0.2, 0) is 32.7 Å². The monoisotopic (exact) mass is 953 g/mol. The largest absolute Gasteiger partial charge is 0.472 e. The Kier molecular flexibility index (Phi) is 36.9. The molecule has 4 unspecified atom stereocenters. The number of carbonyl (C=O) groups is 2. The summed E-state index contributed by atoms with van der Waals surface area (Å²) < 4.78 is 33.5. The molecule has 0 spiro atoms. The maximum Gasteiger partial charge on any atom is 0.472 e. The second-order valence-electron chi connectivity index (χ2n) is 16.8. The lowest BCUT2D eigenvalue weighted by Gasteiger charge is -2.41. The van der Waals surface area contributed by atoms with Crippen LogP contribution in [0.4, 0.5) is 0 Å². The highest BCUT2D eigenvalue weighted by Crippen LogP contribution is 2.47. The van der Waals surface area contributed by atoms with Crippen LogP contribution in [0, 0.1) is 0 Å². The van der Waals surface area contributed by atoms with Crippen molar-refractivity contribution in [2.75, 3.05) is 13.2 Å². The van der Waals surface area contributed by atoms with E-state index in [1.807, 2.05) is 61.6 Å². The molecule has 1 fully saturated rings. The molecule has 1 aliphatic rings. The van der Waals surface area contributed by atoms with Crippen LogP contribution in [0.5, 0.6) is 0 Å². The lowest BCUT2D eigenvalue weighted by molar-refractivity contribution is -0.220.